The average molecular weight is 363 g/mol. The Labute approximate surface area is 150 Å². The second-order valence-corrected chi connectivity index (χ2v) is 6.07. The standard InChI is InChI=1S/C17H21N3O6/c1-9-8-26-13-6-4-3-5-11(13)16(23)20-12(17(24)25)7-14(21)19-10(2)15(22)18-9/h3-6,9-10,12H,7-8H2,1-2H3,(H,18,22)(H,19,21)(H,20,23)(H,24,25)/t9-,10+,12+/m1/s1. The third-order valence-corrected chi connectivity index (χ3v) is 3.77. The molecular weight excluding hydrogens is 342 g/mol. The van der Waals surface area contributed by atoms with E-state index in [1.165, 1.54) is 13.0 Å². The Bertz CT molecular complexity index is 720. The lowest BCUT2D eigenvalue weighted by atomic mass is 10.1. The predicted octanol–water partition coefficient (Wildman–Crippen LogP) is -0.338. The van der Waals surface area contributed by atoms with Gasteiger partial charge in [0.1, 0.15) is 24.4 Å². The Balaban J connectivity index is 2.32. The van der Waals surface area contributed by atoms with Gasteiger partial charge < -0.3 is 25.8 Å². The zero-order valence-electron chi connectivity index (χ0n) is 14.4. The molecule has 3 atom stereocenters. The Kier molecular flexibility index (Phi) is 6.16. The van der Waals surface area contributed by atoms with Crippen molar-refractivity contribution in [3.8, 4) is 5.75 Å². The summed E-state index contributed by atoms with van der Waals surface area (Å²) >= 11 is 0. The summed E-state index contributed by atoms with van der Waals surface area (Å²) in [6, 6.07) is 3.68. The number of carboxylic acids is 1. The lowest BCUT2D eigenvalue weighted by Crippen LogP contribution is -2.51. The molecule has 1 aromatic carbocycles. The first-order valence-electron chi connectivity index (χ1n) is 8.13. The summed E-state index contributed by atoms with van der Waals surface area (Å²) in [5, 5.41) is 16.7. The summed E-state index contributed by atoms with van der Waals surface area (Å²) in [7, 11) is 0. The van der Waals surface area contributed by atoms with E-state index in [0.717, 1.165) is 0 Å². The highest BCUT2D eigenvalue weighted by molar-refractivity contribution is 6.00. The van der Waals surface area contributed by atoms with Crippen molar-refractivity contribution in [2.24, 2.45) is 0 Å². The fraction of sp³-hybridized carbons (Fsp3) is 0.412. The van der Waals surface area contributed by atoms with Crippen molar-refractivity contribution in [2.75, 3.05) is 6.61 Å². The third-order valence-electron chi connectivity index (χ3n) is 3.77. The molecule has 1 heterocycles. The van der Waals surface area contributed by atoms with Crippen LogP contribution in [0.3, 0.4) is 0 Å². The number of hydrogen-bond donors (Lipinski definition) is 4. The van der Waals surface area contributed by atoms with Gasteiger partial charge in [-0.2, -0.15) is 0 Å². The van der Waals surface area contributed by atoms with E-state index in [0.29, 0.717) is 0 Å². The molecule has 140 valence electrons. The van der Waals surface area contributed by atoms with Crippen LogP contribution in [0.25, 0.3) is 0 Å². The lowest BCUT2D eigenvalue weighted by Gasteiger charge is -2.22. The molecular formula is C17H21N3O6. The number of amides is 3. The number of carboxylic acid groups (broad SMARTS) is 1. The molecule has 0 unspecified atom stereocenters. The van der Waals surface area contributed by atoms with Crippen molar-refractivity contribution >= 4 is 23.7 Å². The molecule has 0 radical (unpaired) electrons. The van der Waals surface area contributed by atoms with E-state index >= 15 is 0 Å². The number of hydrogen-bond acceptors (Lipinski definition) is 5. The summed E-state index contributed by atoms with van der Waals surface area (Å²) in [4.78, 5) is 47.9. The van der Waals surface area contributed by atoms with Crippen LogP contribution >= 0.6 is 0 Å². The quantitative estimate of drug-likeness (QED) is 0.539. The smallest absolute Gasteiger partial charge is 0.326 e. The van der Waals surface area contributed by atoms with Crippen molar-refractivity contribution in [3.05, 3.63) is 29.8 Å². The molecule has 1 aromatic rings. The number of ether oxygens (including phenoxy) is 1. The molecule has 0 bridgehead atoms. The average Bonchev–Trinajstić information content (AvgIpc) is 2.58. The third kappa shape index (κ3) is 4.95. The Morgan fingerprint density at radius 2 is 1.81 bits per heavy atom. The fourth-order valence-electron chi connectivity index (χ4n) is 2.39. The lowest BCUT2D eigenvalue weighted by molar-refractivity contribution is -0.141. The second kappa shape index (κ2) is 8.32. The second-order valence-electron chi connectivity index (χ2n) is 6.07. The molecule has 9 heteroatoms. The van der Waals surface area contributed by atoms with Gasteiger partial charge in [-0.05, 0) is 26.0 Å². The molecule has 0 fully saturated rings. The summed E-state index contributed by atoms with van der Waals surface area (Å²) in [5.74, 6) is -2.84. The van der Waals surface area contributed by atoms with E-state index in [-0.39, 0.29) is 24.0 Å². The topological polar surface area (TPSA) is 134 Å². The minimum atomic E-state index is -1.44. The number of carbonyl (C=O) groups excluding carboxylic acids is 3. The highest BCUT2D eigenvalue weighted by atomic mass is 16.5. The summed E-state index contributed by atoms with van der Waals surface area (Å²) in [5.41, 5.74) is 0.142. The Hall–Kier alpha value is -3.10. The van der Waals surface area contributed by atoms with Gasteiger partial charge in [0, 0.05) is 0 Å². The van der Waals surface area contributed by atoms with Gasteiger partial charge in [-0.15, -0.1) is 0 Å². The van der Waals surface area contributed by atoms with Crippen LogP contribution in [0.4, 0.5) is 0 Å². The number of nitrogens with one attached hydrogen (secondary N) is 3. The van der Waals surface area contributed by atoms with Crippen LogP contribution in [-0.2, 0) is 14.4 Å². The van der Waals surface area contributed by atoms with Crippen LogP contribution in [0, 0.1) is 0 Å². The van der Waals surface area contributed by atoms with Gasteiger partial charge in [0.15, 0.2) is 0 Å². The van der Waals surface area contributed by atoms with Gasteiger partial charge in [0.2, 0.25) is 11.8 Å². The largest absolute Gasteiger partial charge is 0.491 e. The van der Waals surface area contributed by atoms with Gasteiger partial charge in [-0.25, -0.2) is 4.79 Å². The van der Waals surface area contributed by atoms with E-state index in [4.69, 9.17) is 4.74 Å². The van der Waals surface area contributed by atoms with Crippen molar-refractivity contribution in [1.29, 1.82) is 0 Å². The zero-order chi connectivity index (χ0) is 19.3. The maximum atomic E-state index is 12.4. The number of rotatable bonds is 1. The van der Waals surface area contributed by atoms with E-state index in [2.05, 4.69) is 16.0 Å². The number of carbonyl (C=O) groups is 4. The van der Waals surface area contributed by atoms with Crippen LogP contribution in [0.1, 0.15) is 30.6 Å². The minimum Gasteiger partial charge on any atom is -0.491 e. The summed E-state index contributed by atoms with van der Waals surface area (Å²) in [6.07, 6.45) is -0.503. The first-order chi connectivity index (χ1) is 12.3. The molecule has 0 spiro atoms. The number of para-hydroxylation sites is 1. The minimum absolute atomic E-state index is 0.0963. The van der Waals surface area contributed by atoms with Gasteiger partial charge >= 0.3 is 5.97 Å². The molecule has 0 saturated heterocycles. The molecule has 9 nitrogen and oxygen atoms in total. The Morgan fingerprint density at radius 1 is 1.12 bits per heavy atom. The van der Waals surface area contributed by atoms with Crippen LogP contribution in [0.15, 0.2) is 24.3 Å². The highest BCUT2D eigenvalue weighted by Gasteiger charge is 2.27. The molecule has 0 aromatic heterocycles. The summed E-state index contributed by atoms with van der Waals surface area (Å²) < 4.78 is 5.61. The molecule has 3 amide bonds. The van der Waals surface area contributed by atoms with Crippen molar-refractivity contribution in [2.45, 2.75) is 38.4 Å². The maximum Gasteiger partial charge on any atom is 0.326 e. The van der Waals surface area contributed by atoms with E-state index in [9.17, 15) is 24.3 Å². The number of benzene rings is 1. The fourth-order valence-corrected chi connectivity index (χ4v) is 2.39. The first-order valence-corrected chi connectivity index (χ1v) is 8.13. The van der Waals surface area contributed by atoms with Crippen molar-refractivity contribution in [1.82, 2.24) is 16.0 Å². The van der Waals surface area contributed by atoms with E-state index < -0.39 is 42.2 Å². The monoisotopic (exact) mass is 363 g/mol. The van der Waals surface area contributed by atoms with E-state index in [1.54, 1.807) is 25.1 Å². The van der Waals surface area contributed by atoms with Gasteiger partial charge in [-0.3, -0.25) is 14.4 Å². The number of aliphatic carboxylic acids is 1. The van der Waals surface area contributed by atoms with Gasteiger partial charge in [-0.1, -0.05) is 12.1 Å². The van der Waals surface area contributed by atoms with Gasteiger partial charge in [0.05, 0.1) is 18.0 Å². The van der Waals surface area contributed by atoms with Crippen molar-refractivity contribution < 1.29 is 29.0 Å². The van der Waals surface area contributed by atoms with Gasteiger partial charge in [0.25, 0.3) is 5.91 Å². The zero-order valence-corrected chi connectivity index (χ0v) is 14.4. The highest BCUT2D eigenvalue weighted by Crippen LogP contribution is 2.18. The van der Waals surface area contributed by atoms with Crippen LogP contribution in [-0.4, -0.2) is 53.5 Å². The van der Waals surface area contributed by atoms with Crippen LogP contribution in [0.5, 0.6) is 5.75 Å². The molecule has 0 aliphatic carbocycles. The predicted molar refractivity (Wildman–Crippen MR) is 90.7 cm³/mol. The van der Waals surface area contributed by atoms with Crippen LogP contribution < -0.4 is 20.7 Å². The van der Waals surface area contributed by atoms with Crippen LogP contribution in [0.2, 0.25) is 0 Å². The molecule has 1 aliphatic heterocycles. The van der Waals surface area contributed by atoms with E-state index in [1.807, 2.05) is 0 Å². The maximum absolute atomic E-state index is 12.4. The molecule has 26 heavy (non-hydrogen) atoms. The SMILES string of the molecule is C[C@@H]1COc2ccccc2C(=O)N[C@H](C(=O)O)CC(=O)N[C@@H](C)C(=O)N1. The first kappa shape index (κ1) is 19.2. The number of fused-ring (bicyclic) bond motifs is 1. The molecule has 1 aliphatic rings. The normalized spacial score (nSPS) is 24.8. The van der Waals surface area contributed by atoms with Crippen molar-refractivity contribution in [3.63, 3.8) is 0 Å². The summed E-state index contributed by atoms with van der Waals surface area (Å²) in [6.45, 7) is 3.30. The molecule has 2 rings (SSSR count). The Morgan fingerprint density at radius 3 is 2.50 bits per heavy atom. The molecule has 0 saturated carbocycles. The molecule has 4 N–H and O–H groups in total.